The Kier molecular flexibility index (Phi) is 4.19. The maximum Gasteiger partial charge on any atom is 0.340 e. The number of hydrogen-bond donors (Lipinski definition) is 1. The van der Waals surface area contributed by atoms with E-state index in [1.807, 2.05) is 20.8 Å². The van der Waals surface area contributed by atoms with Crippen molar-refractivity contribution in [3.63, 3.8) is 0 Å². The van der Waals surface area contributed by atoms with Crippen LogP contribution in [0.5, 0.6) is 0 Å². The maximum absolute atomic E-state index is 11.8. The third-order valence-electron chi connectivity index (χ3n) is 2.47. The number of ether oxygens (including phenoxy) is 1. The predicted molar refractivity (Wildman–Crippen MR) is 65.6 cm³/mol. The van der Waals surface area contributed by atoms with E-state index in [0.717, 1.165) is 0 Å². The van der Waals surface area contributed by atoms with Gasteiger partial charge in [0.2, 0.25) is 0 Å². The SMILES string of the molecule is CC(C)C(C)OC(=O)c1cc(Cl)ccc1N. The Morgan fingerprint density at radius 3 is 2.56 bits per heavy atom. The Balaban J connectivity index is 2.84. The van der Waals surface area contributed by atoms with Crippen molar-refractivity contribution in [3.8, 4) is 0 Å². The van der Waals surface area contributed by atoms with Crippen LogP contribution in [-0.2, 0) is 4.74 Å². The standard InChI is InChI=1S/C12H16ClNO2/c1-7(2)8(3)16-12(15)10-6-9(13)4-5-11(10)14/h4-8H,14H2,1-3H3. The molecule has 4 heteroatoms. The van der Waals surface area contributed by atoms with Crippen molar-refractivity contribution in [1.29, 1.82) is 0 Å². The molecule has 88 valence electrons. The lowest BCUT2D eigenvalue weighted by Gasteiger charge is -2.17. The van der Waals surface area contributed by atoms with E-state index < -0.39 is 5.97 Å². The molecule has 0 aliphatic rings. The topological polar surface area (TPSA) is 52.3 Å². The van der Waals surface area contributed by atoms with E-state index in [0.29, 0.717) is 16.3 Å². The van der Waals surface area contributed by atoms with E-state index in [2.05, 4.69) is 0 Å². The molecular formula is C12H16ClNO2. The first-order valence-corrected chi connectivity index (χ1v) is 5.55. The molecule has 0 amide bonds. The normalized spacial score (nSPS) is 12.6. The number of nitrogen functional groups attached to an aromatic ring is 1. The van der Waals surface area contributed by atoms with Crippen LogP contribution in [0.4, 0.5) is 5.69 Å². The fraction of sp³-hybridized carbons (Fsp3) is 0.417. The molecule has 0 bridgehead atoms. The van der Waals surface area contributed by atoms with Crippen LogP contribution in [0.25, 0.3) is 0 Å². The zero-order valence-corrected chi connectivity index (χ0v) is 10.4. The molecule has 1 rings (SSSR count). The van der Waals surface area contributed by atoms with Gasteiger partial charge in [-0.05, 0) is 31.0 Å². The van der Waals surface area contributed by atoms with Gasteiger partial charge in [-0.1, -0.05) is 25.4 Å². The summed E-state index contributed by atoms with van der Waals surface area (Å²) in [5, 5.41) is 0.471. The summed E-state index contributed by atoms with van der Waals surface area (Å²) in [6, 6.07) is 4.75. The Hall–Kier alpha value is -1.22. The van der Waals surface area contributed by atoms with Gasteiger partial charge < -0.3 is 10.5 Å². The van der Waals surface area contributed by atoms with Crippen molar-refractivity contribution in [2.24, 2.45) is 5.92 Å². The fourth-order valence-corrected chi connectivity index (χ4v) is 1.25. The number of nitrogens with two attached hydrogens (primary N) is 1. The predicted octanol–water partition coefficient (Wildman–Crippen LogP) is 3.12. The molecule has 0 aliphatic heterocycles. The molecule has 1 aromatic carbocycles. The Morgan fingerprint density at radius 2 is 2.00 bits per heavy atom. The quantitative estimate of drug-likeness (QED) is 0.654. The molecule has 1 atom stereocenters. The van der Waals surface area contributed by atoms with Crippen molar-refractivity contribution >= 4 is 23.3 Å². The minimum atomic E-state index is -0.429. The van der Waals surface area contributed by atoms with Crippen molar-refractivity contribution in [2.75, 3.05) is 5.73 Å². The number of benzene rings is 1. The summed E-state index contributed by atoms with van der Waals surface area (Å²) in [5.41, 5.74) is 6.38. The van der Waals surface area contributed by atoms with Crippen LogP contribution in [0.2, 0.25) is 5.02 Å². The van der Waals surface area contributed by atoms with Gasteiger partial charge in [0.25, 0.3) is 0 Å². The highest BCUT2D eigenvalue weighted by molar-refractivity contribution is 6.31. The van der Waals surface area contributed by atoms with Crippen molar-refractivity contribution in [2.45, 2.75) is 26.9 Å². The van der Waals surface area contributed by atoms with Gasteiger partial charge in [0.15, 0.2) is 0 Å². The number of carbonyl (C=O) groups excluding carboxylic acids is 1. The van der Waals surface area contributed by atoms with Crippen LogP contribution < -0.4 is 5.73 Å². The second kappa shape index (κ2) is 5.21. The second-order valence-corrected chi connectivity index (χ2v) is 4.52. The van der Waals surface area contributed by atoms with Crippen molar-refractivity contribution < 1.29 is 9.53 Å². The molecule has 2 N–H and O–H groups in total. The smallest absolute Gasteiger partial charge is 0.340 e. The monoisotopic (exact) mass is 241 g/mol. The zero-order valence-electron chi connectivity index (χ0n) is 9.66. The number of rotatable bonds is 3. The van der Waals surface area contributed by atoms with Crippen LogP contribution in [0, 0.1) is 5.92 Å². The van der Waals surface area contributed by atoms with E-state index in [1.54, 1.807) is 12.1 Å². The molecule has 0 spiro atoms. The van der Waals surface area contributed by atoms with Gasteiger partial charge in [-0.3, -0.25) is 0 Å². The average molecular weight is 242 g/mol. The van der Waals surface area contributed by atoms with Crippen LogP contribution in [0.3, 0.4) is 0 Å². The summed E-state index contributed by atoms with van der Waals surface area (Å²) >= 11 is 5.80. The zero-order chi connectivity index (χ0) is 12.3. The van der Waals surface area contributed by atoms with E-state index in [-0.39, 0.29) is 12.0 Å². The molecule has 16 heavy (non-hydrogen) atoms. The van der Waals surface area contributed by atoms with Gasteiger partial charge in [-0.15, -0.1) is 0 Å². The highest BCUT2D eigenvalue weighted by Crippen LogP contribution is 2.20. The first-order chi connectivity index (χ1) is 7.41. The number of carbonyl (C=O) groups is 1. The van der Waals surface area contributed by atoms with Crippen LogP contribution in [0.1, 0.15) is 31.1 Å². The number of esters is 1. The lowest BCUT2D eigenvalue weighted by atomic mass is 10.1. The molecular weight excluding hydrogens is 226 g/mol. The summed E-state index contributed by atoms with van der Waals surface area (Å²) in [4.78, 5) is 11.8. The maximum atomic E-state index is 11.8. The van der Waals surface area contributed by atoms with Gasteiger partial charge in [-0.2, -0.15) is 0 Å². The summed E-state index contributed by atoms with van der Waals surface area (Å²) in [7, 11) is 0. The molecule has 0 saturated heterocycles. The van der Waals surface area contributed by atoms with Gasteiger partial charge in [0.1, 0.15) is 6.10 Å². The van der Waals surface area contributed by atoms with Gasteiger partial charge in [0, 0.05) is 10.7 Å². The van der Waals surface area contributed by atoms with Crippen molar-refractivity contribution in [3.05, 3.63) is 28.8 Å². The summed E-state index contributed by atoms with van der Waals surface area (Å²) in [5.74, 6) is -0.162. The molecule has 0 aliphatic carbocycles. The third-order valence-corrected chi connectivity index (χ3v) is 2.70. The molecule has 0 heterocycles. The average Bonchev–Trinajstić information content (AvgIpc) is 2.21. The van der Waals surface area contributed by atoms with Crippen LogP contribution in [-0.4, -0.2) is 12.1 Å². The Labute approximate surface area is 101 Å². The first kappa shape index (κ1) is 12.8. The van der Waals surface area contributed by atoms with Crippen LogP contribution >= 0.6 is 11.6 Å². The molecule has 0 saturated carbocycles. The van der Waals surface area contributed by atoms with Crippen LogP contribution in [0.15, 0.2) is 18.2 Å². The molecule has 0 radical (unpaired) electrons. The van der Waals surface area contributed by atoms with Gasteiger partial charge in [0.05, 0.1) is 5.56 Å². The largest absolute Gasteiger partial charge is 0.459 e. The molecule has 3 nitrogen and oxygen atoms in total. The van der Waals surface area contributed by atoms with E-state index in [9.17, 15) is 4.79 Å². The fourth-order valence-electron chi connectivity index (χ4n) is 1.07. The Bertz CT molecular complexity index is 391. The van der Waals surface area contributed by atoms with Gasteiger partial charge in [-0.25, -0.2) is 4.79 Å². The molecule has 1 unspecified atom stereocenters. The van der Waals surface area contributed by atoms with Crippen molar-refractivity contribution in [1.82, 2.24) is 0 Å². The van der Waals surface area contributed by atoms with E-state index in [1.165, 1.54) is 6.07 Å². The van der Waals surface area contributed by atoms with Gasteiger partial charge >= 0.3 is 5.97 Å². The highest BCUT2D eigenvalue weighted by atomic mass is 35.5. The Morgan fingerprint density at radius 1 is 1.38 bits per heavy atom. The van der Waals surface area contributed by atoms with E-state index in [4.69, 9.17) is 22.1 Å². The summed E-state index contributed by atoms with van der Waals surface area (Å²) < 4.78 is 5.26. The number of anilines is 1. The third kappa shape index (κ3) is 3.14. The highest BCUT2D eigenvalue weighted by Gasteiger charge is 2.17. The molecule has 0 fully saturated rings. The first-order valence-electron chi connectivity index (χ1n) is 5.18. The molecule has 1 aromatic rings. The summed E-state index contributed by atoms with van der Waals surface area (Å²) in [6.45, 7) is 5.82. The minimum absolute atomic E-state index is 0.147. The molecule has 0 aromatic heterocycles. The minimum Gasteiger partial charge on any atom is -0.459 e. The number of halogens is 1. The lowest BCUT2D eigenvalue weighted by molar-refractivity contribution is 0.0239. The van der Waals surface area contributed by atoms with E-state index >= 15 is 0 Å². The summed E-state index contributed by atoms with van der Waals surface area (Å²) in [6.07, 6.45) is -0.147. The lowest BCUT2D eigenvalue weighted by Crippen LogP contribution is -2.20. The number of hydrogen-bond acceptors (Lipinski definition) is 3. The second-order valence-electron chi connectivity index (χ2n) is 4.09.